The van der Waals surface area contributed by atoms with Crippen LogP contribution in [0.2, 0.25) is 0 Å². The normalized spacial score (nSPS) is 13.1. The van der Waals surface area contributed by atoms with Gasteiger partial charge in [-0.2, -0.15) is 8.42 Å². The van der Waals surface area contributed by atoms with Crippen LogP contribution in [0.4, 0.5) is 0 Å². The van der Waals surface area contributed by atoms with Crippen LogP contribution in [0.1, 0.15) is 16.4 Å². The van der Waals surface area contributed by atoms with Crippen LogP contribution in [0.25, 0.3) is 0 Å². The highest BCUT2D eigenvalue weighted by molar-refractivity contribution is 7.86. The van der Waals surface area contributed by atoms with Crippen LogP contribution in [0.3, 0.4) is 0 Å². The third-order valence-corrected chi connectivity index (χ3v) is 3.85. The summed E-state index contributed by atoms with van der Waals surface area (Å²) in [5.41, 5.74) is 0.222. The molecule has 100 valence electrons. The molecule has 0 spiro atoms. The third-order valence-electron chi connectivity index (χ3n) is 2.73. The molecule has 0 fully saturated rings. The molecule has 0 heterocycles. The van der Waals surface area contributed by atoms with E-state index in [0.29, 0.717) is 5.56 Å². The van der Waals surface area contributed by atoms with Gasteiger partial charge < -0.3 is 10.2 Å². The molecule has 0 saturated heterocycles. The van der Waals surface area contributed by atoms with Gasteiger partial charge >= 0.3 is 0 Å². The molecule has 0 aliphatic heterocycles. The minimum atomic E-state index is -4.48. The van der Waals surface area contributed by atoms with Crippen molar-refractivity contribution in [2.24, 2.45) is 0 Å². The number of phenols is 2. The van der Waals surface area contributed by atoms with Crippen molar-refractivity contribution in [3.05, 3.63) is 59.7 Å². The predicted molar refractivity (Wildman–Crippen MR) is 69.6 cm³/mol. The maximum absolute atomic E-state index is 11.6. The van der Waals surface area contributed by atoms with Gasteiger partial charge in [0.05, 0.1) is 0 Å². The Morgan fingerprint density at radius 3 is 2.11 bits per heavy atom. The lowest BCUT2D eigenvalue weighted by Gasteiger charge is -2.16. The molecule has 19 heavy (non-hydrogen) atoms. The molecule has 2 rings (SSSR count). The molecule has 2 aromatic rings. The zero-order chi connectivity index (χ0) is 14.0. The monoisotopic (exact) mass is 280 g/mol. The van der Waals surface area contributed by atoms with Crippen LogP contribution in [-0.2, 0) is 10.1 Å². The quantitative estimate of drug-likeness (QED) is 0.591. The lowest BCUT2D eigenvalue weighted by atomic mass is 10.0. The average molecular weight is 280 g/mol. The molecule has 0 radical (unpaired) electrons. The average Bonchev–Trinajstić information content (AvgIpc) is 2.35. The van der Waals surface area contributed by atoms with Crippen molar-refractivity contribution in [1.82, 2.24) is 0 Å². The van der Waals surface area contributed by atoms with E-state index in [1.54, 1.807) is 18.2 Å². The Bertz CT molecular complexity index is 679. The minimum absolute atomic E-state index is 0.0753. The first-order valence-electron chi connectivity index (χ1n) is 5.43. The van der Waals surface area contributed by atoms with Gasteiger partial charge in [0, 0.05) is 5.56 Å². The van der Waals surface area contributed by atoms with Crippen molar-refractivity contribution in [2.45, 2.75) is 5.25 Å². The molecule has 0 saturated carbocycles. The van der Waals surface area contributed by atoms with Gasteiger partial charge in [-0.15, -0.1) is 0 Å². The lowest BCUT2D eigenvalue weighted by Crippen LogP contribution is -2.13. The first kappa shape index (κ1) is 13.4. The van der Waals surface area contributed by atoms with Crippen LogP contribution < -0.4 is 0 Å². The summed E-state index contributed by atoms with van der Waals surface area (Å²) in [4.78, 5) is 0. The highest BCUT2D eigenvalue weighted by Gasteiger charge is 2.30. The van der Waals surface area contributed by atoms with Crippen molar-refractivity contribution < 1.29 is 23.2 Å². The highest BCUT2D eigenvalue weighted by atomic mass is 32.2. The lowest BCUT2D eigenvalue weighted by molar-refractivity contribution is 0.398. The molecule has 5 nitrogen and oxygen atoms in total. The summed E-state index contributed by atoms with van der Waals surface area (Å²) in [5, 5.41) is 17.8. The van der Waals surface area contributed by atoms with Crippen LogP contribution >= 0.6 is 0 Å². The fourth-order valence-electron chi connectivity index (χ4n) is 1.90. The smallest absolute Gasteiger partial charge is 0.276 e. The number of rotatable bonds is 3. The maximum atomic E-state index is 11.6. The summed E-state index contributed by atoms with van der Waals surface area (Å²) in [5.74, 6) is -1.00. The van der Waals surface area contributed by atoms with Gasteiger partial charge in [0.15, 0.2) is 11.5 Å². The highest BCUT2D eigenvalue weighted by Crippen LogP contribution is 2.39. The van der Waals surface area contributed by atoms with Crippen molar-refractivity contribution in [3.8, 4) is 11.5 Å². The van der Waals surface area contributed by atoms with Gasteiger partial charge in [0.1, 0.15) is 5.25 Å². The zero-order valence-electron chi connectivity index (χ0n) is 9.76. The Kier molecular flexibility index (Phi) is 3.46. The molecule has 1 atom stereocenters. The topological polar surface area (TPSA) is 94.8 Å². The Morgan fingerprint density at radius 1 is 0.895 bits per heavy atom. The van der Waals surface area contributed by atoms with E-state index < -0.39 is 26.9 Å². The number of aromatic hydroxyl groups is 2. The number of benzene rings is 2. The van der Waals surface area contributed by atoms with Gasteiger partial charge in [-0.3, -0.25) is 4.55 Å². The molecule has 0 bridgehead atoms. The maximum Gasteiger partial charge on any atom is 0.276 e. The number of para-hydroxylation sites is 1. The fourth-order valence-corrected chi connectivity index (χ4v) is 2.91. The minimum Gasteiger partial charge on any atom is -0.504 e. The number of hydrogen-bond acceptors (Lipinski definition) is 4. The number of hydrogen-bond donors (Lipinski definition) is 3. The summed E-state index contributed by atoms with van der Waals surface area (Å²) >= 11 is 0. The van der Waals surface area contributed by atoms with Crippen LogP contribution in [0.15, 0.2) is 48.5 Å². The molecule has 0 aliphatic carbocycles. The van der Waals surface area contributed by atoms with E-state index in [4.69, 9.17) is 0 Å². The first-order valence-corrected chi connectivity index (χ1v) is 6.93. The van der Waals surface area contributed by atoms with Crippen LogP contribution in [0.5, 0.6) is 11.5 Å². The summed E-state index contributed by atoms with van der Waals surface area (Å²) in [7, 11) is -4.48. The van der Waals surface area contributed by atoms with Gasteiger partial charge in [0.2, 0.25) is 0 Å². The summed E-state index contributed by atoms with van der Waals surface area (Å²) in [6.07, 6.45) is 0. The molecule has 6 heteroatoms. The van der Waals surface area contributed by atoms with E-state index in [1.807, 2.05) is 0 Å². The van der Waals surface area contributed by atoms with Crippen molar-refractivity contribution >= 4 is 10.1 Å². The molecule has 2 aromatic carbocycles. The molecule has 0 amide bonds. The molecule has 3 N–H and O–H groups in total. The SMILES string of the molecule is O=S(=O)(O)C(c1ccccc1)c1cccc(O)c1O. The summed E-state index contributed by atoms with van der Waals surface area (Å²) in [6.45, 7) is 0. The van der Waals surface area contributed by atoms with E-state index in [0.717, 1.165) is 0 Å². The van der Waals surface area contributed by atoms with E-state index in [9.17, 15) is 23.2 Å². The molecule has 0 aliphatic rings. The predicted octanol–water partition coefficient (Wildman–Crippen LogP) is 2.08. The molecule has 1 unspecified atom stereocenters. The standard InChI is InChI=1S/C13H12O5S/c14-11-8-4-7-10(12(11)15)13(19(16,17)18)9-5-2-1-3-6-9/h1-8,13-15H,(H,16,17,18). The third kappa shape index (κ3) is 2.69. The van der Waals surface area contributed by atoms with Crippen molar-refractivity contribution in [3.63, 3.8) is 0 Å². The van der Waals surface area contributed by atoms with Gasteiger partial charge in [-0.05, 0) is 11.6 Å². The van der Waals surface area contributed by atoms with Crippen LogP contribution in [-0.4, -0.2) is 23.2 Å². The molecular formula is C13H12O5S. The second-order valence-corrected chi connectivity index (χ2v) is 5.52. The Balaban J connectivity index is 2.67. The fraction of sp³-hybridized carbons (Fsp3) is 0.0769. The van der Waals surface area contributed by atoms with Gasteiger partial charge in [0.25, 0.3) is 10.1 Å². The Morgan fingerprint density at radius 2 is 1.53 bits per heavy atom. The van der Waals surface area contributed by atoms with Crippen molar-refractivity contribution in [1.29, 1.82) is 0 Å². The van der Waals surface area contributed by atoms with E-state index >= 15 is 0 Å². The first-order chi connectivity index (χ1) is 8.91. The number of phenolic OH excluding ortho intramolecular Hbond substituents is 2. The summed E-state index contributed by atoms with van der Waals surface area (Å²) in [6, 6.07) is 11.9. The Labute approximate surface area is 110 Å². The van der Waals surface area contributed by atoms with Gasteiger partial charge in [-0.1, -0.05) is 42.5 Å². The Hall–Kier alpha value is -2.05. The van der Waals surface area contributed by atoms with E-state index in [1.165, 1.54) is 30.3 Å². The largest absolute Gasteiger partial charge is 0.504 e. The molecule has 0 aromatic heterocycles. The van der Waals surface area contributed by atoms with Crippen LogP contribution in [0, 0.1) is 0 Å². The molecular weight excluding hydrogens is 268 g/mol. The van der Waals surface area contributed by atoms with E-state index in [-0.39, 0.29) is 5.56 Å². The second kappa shape index (κ2) is 4.91. The van der Waals surface area contributed by atoms with E-state index in [2.05, 4.69) is 0 Å². The zero-order valence-corrected chi connectivity index (χ0v) is 10.6. The second-order valence-electron chi connectivity index (χ2n) is 4.02. The summed E-state index contributed by atoms with van der Waals surface area (Å²) < 4.78 is 32.5. The van der Waals surface area contributed by atoms with Gasteiger partial charge in [-0.25, -0.2) is 0 Å². The van der Waals surface area contributed by atoms with Crippen molar-refractivity contribution in [2.75, 3.05) is 0 Å².